The molecule has 4 rings (SSSR count). The Bertz CT molecular complexity index is 1220. The lowest BCUT2D eigenvalue weighted by Gasteiger charge is -2.26. The minimum absolute atomic E-state index is 0.0718. The Labute approximate surface area is 194 Å². The molecule has 0 aliphatic carbocycles. The van der Waals surface area contributed by atoms with Gasteiger partial charge in [-0.2, -0.15) is 0 Å². The smallest absolute Gasteiger partial charge is 0.346 e. The number of amides is 2. The SMILES string of the molecule is O=C(O)c1scc2c1C(=O)N(c1cc(SCc3c(Cl)cccc3Cl)ccc1F)C(=O)C2. The zero-order valence-corrected chi connectivity index (χ0v) is 18.7. The summed E-state index contributed by atoms with van der Waals surface area (Å²) in [6, 6.07) is 9.22. The standard InChI is InChI=1S/C21H12Cl2FNO4S2/c22-13-2-1-3-14(23)12(13)9-30-11-4-5-15(24)16(7-11)25-17(26)6-10-8-31-19(21(28)29)18(10)20(25)27/h1-5,7-8H,6,9H2,(H,28,29). The summed E-state index contributed by atoms with van der Waals surface area (Å²) in [6.45, 7) is 0. The number of thiophene rings is 1. The van der Waals surface area contributed by atoms with Gasteiger partial charge in [-0.15, -0.1) is 23.1 Å². The van der Waals surface area contributed by atoms with E-state index in [0.29, 0.717) is 36.7 Å². The lowest BCUT2D eigenvalue weighted by molar-refractivity contribution is -0.117. The average molecular weight is 496 g/mol. The predicted octanol–water partition coefficient (Wildman–Crippen LogP) is 5.91. The number of fused-ring (bicyclic) bond motifs is 1. The molecule has 0 bridgehead atoms. The van der Waals surface area contributed by atoms with E-state index in [0.717, 1.165) is 17.4 Å². The van der Waals surface area contributed by atoms with Crippen LogP contribution in [0.2, 0.25) is 10.0 Å². The number of thioether (sulfide) groups is 1. The third-order valence-electron chi connectivity index (χ3n) is 4.67. The van der Waals surface area contributed by atoms with Gasteiger partial charge in [-0.1, -0.05) is 29.3 Å². The first-order valence-electron chi connectivity index (χ1n) is 8.84. The number of carbonyl (C=O) groups is 3. The highest BCUT2D eigenvalue weighted by atomic mass is 35.5. The van der Waals surface area contributed by atoms with E-state index in [4.69, 9.17) is 23.2 Å². The number of carbonyl (C=O) groups excluding carboxylic acids is 2. The van der Waals surface area contributed by atoms with Crippen molar-refractivity contribution < 1.29 is 23.9 Å². The Hall–Kier alpha value is -2.39. The summed E-state index contributed by atoms with van der Waals surface area (Å²) in [5.41, 5.74) is 0.754. The maximum absolute atomic E-state index is 14.6. The van der Waals surface area contributed by atoms with Crippen LogP contribution in [0.1, 0.15) is 31.2 Å². The van der Waals surface area contributed by atoms with Gasteiger partial charge in [0.2, 0.25) is 5.91 Å². The number of anilines is 1. The van der Waals surface area contributed by atoms with E-state index < -0.39 is 23.6 Å². The number of halogens is 3. The van der Waals surface area contributed by atoms with Gasteiger partial charge in [0.1, 0.15) is 10.7 Å². The minimum Gasteiger partial charge on any atom is -0.477 e. The Morgan fingerprint density at radius 3 is 2.58 bits per heavy atom. The largest absolute Gasteiger partial charge is 0.477 e. The molecule has 1 N–H and O–H groups in total. The average Bonchev–Trinajstić information content (AvgIpc) is 3.14. The number of hydrogen-bond donors (Lipinski definition) is 1. The summed E-state index contributed by atoms with van der Waals surface area (Å²) in [6.07, 6.45) is -0.184. The van der Waals surface area contributed by atoms with Crippen LogP contribution in [0.3, 0.4) is 0 Å². The van der Waals surface area contributed by atoms with E-state index in [9.17, 15) is 23.9 Å². The number of hydrogen-bond acceptors (Lipinski definition) is 5. The van der Waals surface area contributed by atoms with Gasteiger partial charge in [-0.25, -0.2) is 14.1 Å². The molecule has 0 saturated carbocycles. The molecule has 31 heavy (non-hydrogen) atoms. The number of rotatable bonds is 5. The maximum atomic E-state index is 14.6. The molecule has 0 unspecified atom stereocenters. The van der Waals surface area contributed by atoms with Crippen LogP contribution in [0.4, 0.5) is 10.1 Å². The van der Waals surface area contributed by atoms with Crippen molar-refractivity contribution in [2.24, 2.45) is 0 Å². The van der Waals surface area contributed by atoms with Crippen molar-refractivity contribution >= 4 is 69.8 Å². The first-order chi connectivity index (χ1) is 14.8. The monoisotopic (exact) mass is 495 g/mol. The molecule has 0 spiro atoms. The first-order valence-corrected chi connectivity index (χ1v) is 11.5. The van der Waals surface area contributed by atoms with Crippen molar-refractivity contribution in [3.05, 3.63) is 79.2 Å². The van der Waals surface area contributed by atoms with Gasteiger partial charge < -0.3 is 5.11 Å². The van der Waals surface area contributed by atoms with E-state index in [1.807, 2.05) is 0 Å². The van der Waals surface area contributed by atoms with Gasteiger partial charge in [0, 0.05) is 20.7 Å². The van der Waals surface area contributed by atoms with E-state index >= 15 is 0 Å². The van der Waals surface area contributed by atoms with Gasteiger partial charge in [0.25, 0.3) is 5.91 Å². The van der Waals surface area contributed by atoms with Crippen molar-refractivity contribution in [3.63, 3.8) is 0 Å². The van der Waals surface area contributed by atoms with Crippen LogP contribution in [0.15, 0.2) is 46.7 Å². The Morgan fingerprint density at radius 2 is 1.90 bits per heavy atom. The van der Waals surface area contributed by atoms with Gasteiger partial charge in [0.15, 0.2) is 0 Å². The molecule has 3 aromatic rings. The number of nitrogens with zero attached hydrogens (tertiary/aromatic N) is 1. The molecule has 2 aromatic carbocycles. The van der Waals surface area contributed by atoms with Crippen molar-refractivity contribution in [2.75, 3.05) is 4.90 Å². The number of imide groups is 1. The zero-order valence-electron chi connectivity index (χ0n) is 15.5. The van der Waals surface area contributed by atoms with Crippen molar-refractivity contribution in [3.8, 4) is 0 Å². The van der Waals surface area contributed by atoms with Crippen LogP contribution in [-0.4, -0.2) is 22.9 Å². The Balaban J connectivity index is 1.67. The predicted molar refractivity (Wildman–Crippen MR) is 119 cm³/mol. The van der Waals surface area contributed by atoms with Crippen LogP contribution >= 0.6 is 46.3 Å². The number of benzene rings is 2. The fourth-order valence-corrected chi connectivity index (χ4v) is 5.77. The molecule has 1 aromatic heterocycles. The quantitative estimate of drug-likeness (QED) is 0.351. The normalized spacial score (nSPS) is 13.5. The summed E-state index contributed by atoms with van der Waals surface area (Å²) in [4.78, 5) is 38.2. The van der Waals surface area contributed by atoms with E-state index in [-0.39, 0.29) is 22.5 Å². The van der Waals surface area contributed by atoms with E-state index in [2.05, 4.69) is 0 Å². The molecule has 10 heteroatoms. The molecule has 1 aliphatic heterocycles. The summed E-state index contributed by atoms with van der Waals surface area (Å²) in [5.74, 6) is -3.11. The lowest BCUT2D eigenvalue weighted by atomic mass is 10.0. The zero-order chi connectivity index (χ0) is 22.3. The van der Waals surface area contributed by atoms with Crippen LogP contribution in [0.5, 0.6) is 0 Å². The number of carboxylic acid groups (broad SMARTS) is 1. The summed E-state index contributed by atoms with van der Waals surface area (Å²) in [5, 5.41) is 11.8. The summed E-state index contributed by atoms with van der Waals surface area (Å²) in [7, 11) is 0. The number of carboxylic acids is 1. The molecule has 0 atom stereocenters. The molecule has 2 amide bonds. The highest BCUT2D eigenvalue weighted by Gasteiger charge is 2.38. The molecule has 2 heterocycles. The van der Waals surface area contributed by atoms with Gasteiger partial charge >= 0.3 is 5.97 Å². The second-order valence-corrected chi connectivity index (χ2v) is 9.33. The molecule has 158 valence electrons. The first kappa shape index (κ1) is 21.8. The Kier molecular flexibility index (Phi) is 6.07. The second kappa shape index (κ2) is 8.63. The third-order valence-corrected chi connectivity index (χ3v) is 7.42. The molecule has 0 saturated heterocycles. The highest BCUT2D eigenvalue weighted by Crippen LogP contribution is 2.36. The molecule has 1 aliphatic rings. The van der Waals surface area contributed by atoms with Crippen molar-refractivity contribution in [2.45, 2.75) is 17.1 Å². The number of aromatic carboxylic acids is 1. The fraction of sp³-hybridized carbons (Fsp3) is 0.0952. The lowest BCUT2D eigenvalue weighted by Crippen LogP contribution is -2.43. The van der Waals surface area contributed by atoms with Gasteiger partial charge in [-0.3, -0.25) is 9.59 Å². The van der Waals surface area contributed by atoms with Crippen LogP contribution in [-0.2, 0) is 17.0 Å². The van der Waals surface area contributed by atoms with Crippen molar-refractivity contribution in [1.82, 2.24) is 0 Å². The highest BCUT2D eigenvalue weighted by molar-refractivity contribution is 7.98. The molecule has 0 fully saturated rings. The van der Waals surface area contributed by atoms with Crippen LogP contribution in [0, 0.1) is 5.82 Å². The Morgan fingerprint density at radius 1 is 1.19 bits per heavy atom. The van der Waals surface area contributed by atoms with E-state index in [1.54, 1.807) is 18.2 Å². The molecule has 0 radical (unpaired) electrons. The summed E-state index contributed by atoms with van der Waals surface area (Å²) < 4.78 is 14.6. The van der Waals surface area contributed by atoms with Crippen LogP contribution < -0.4 is 4.90 Å². The van der Waals surface area contributed by atoms with Crippen LogP contribution in [0.25, 0.3) is 0 Å². The fourth-order valence-electron chi connectivity index (χ4n) is 3.21. The second-order valence-electron chi connectivity index (χ2n) is 6.58. The summed E-state index contributed by atoms with van der Waals surface area (Å²) >= 11 is 14.6. The topological polar surface area (TPSA) is 74.7 Å². The van der Waals surface area contributed by atoms with Gasteiger partial charge in [-0.05, 0) is 46.8 Å². The van der Waals surface area contributed by atoms with Gasteiger partial charge in [0.05, 0.1) is 17.7 Å². The maximum Gasteiger partial charge on any atom is 0.346 e. The van der Waals surface area contributed by atoms with E-state index in [1.165, 1.54) is 29.3 Å². The molecule has 5 nitrogen and oxygen atoms in total. The third kappa shape index (κ3) is 4.08. The minimum atomic E-state index is -1.27. The van der Waals surface area contributed by atoms with Crippen molar-refractivity contribution in [1.29, 1.82) is 0 Å². The molecular formula is C21H12Cl2FNO4S2. The molecular weight excluding hydrogens is 484 g/mol.